The molecule has 2 rings (SSSR count). The molecule has 8 nitrogen and oxygen atoms in total. The first-order chi connectivity index (χ1) is 13.6. The Morgan fingerprint density at radius 1 is 0.857 bits per heavy atom. The van der Waals surface area contributed by atoms with E-state index in [1.165, 1.54) is 24.3 Å². The molecule has 0 amide bonds. The predicted molar refractivity (Wildman–Crippen MR) is 102 cm³/mol. The van der Waals surface area contributed by atoms with Crippen molar-refractivity contribution < 1.29 is 28.7 Å². The molecule has 2 aromatic carbocycles. The fourth-order valence-electron chi connectivity index (χ4n) is 2.13. The van der Waals surface area contributed by atoms with E-state index in [1.54, 1.807) is 24.3 Å². The number of rotatable bonds is 12. The Hall–Kier alpha value is -3.29. The number of hydrogen-bond donors (Lipinski definition) is 0. The molecule has 0 saturated heterocycles. The van der Waals surface area contributed by atoms with Gasteiger partial charge in [0.25, 0.3) is 5.69 Å². The van der Waals surface area contributed by atoms with Crippen molar-refractivity contribution in [2.24, 2.45) is 0 Å². The van der Waals surface area contributed by atoms with Crippen LogP contribution in [0.5, 0.6) is 17.2 Å². The minimum atomic E-state index is -0.518. The van der Waals surface area contributed by atoms with Gasteiger partial charge in [0.15, 0.2) is 6.61 Å². The molecule has 0 saturated carbocycles. The highest BCUT2D eigenvalue weighted by Gasteiger charge is 2.06. The third-order valence-electron chi connectivity index (χ3n) is 3.61. The van der Waals surface area contributed by atoms with Crippen molar-refractivity contribution in [3.63, 3.8) is 0 Å². The van der Waals surface area contributed by atoms with Crippen LogP contribution >= 0.6 is 0 Å². The summed E-state index contributed by atoms with van der Waals surface area (Å²) in [5, 5.41) is 10.6. The number of unbranched alkanes of at least 4 members (excludes halogenated alkanes) is 1. The molecular formula is C20H23NO7. The number of hydrogen-bond acceptors (Lipinski definition) is 7. The van der Waals surface area contributed by atoms with Gasteiger partial charge in [0.1, 0.15) is 30.5 Å². The Balaban J connectivity index is 1.61. The van der Waals surface area contributed by atoms with Crippen LogP contribution in [0.4, 0.5) is 5.69 Å². The molecule has 0 spiro atoms. The number of nitro benzene ring substituents is 1. The van der Waals surface area contributed by atoms with Crippen LogP contribution < -0.4 is 14.2 Å². The summed E-state index contributed by atoms with van der Waals surface area (Å²) in [5.41, 5.74) is -0.0171. The molecular weight excluding hydrogens is 366 g/mol. The standard InChI is InChI=1S/C20H23NO7/c1-2-3-12-25-18-8-10-19(11-9-18)28-15-20(22)27-14-13-26-17-6-4-16(5-7-17)21(23)24/h4-11H,2-3,12-15H2,1H3. The summed E-state index contributed by atoms with van der Waals surface area (Å²) in [4.78, 5) is 21.8. The molecule has 0 aliphatic carbocycles. The van der Waals surface area contributed by atoms with Crippen molar-refractivity contribution in [3.05, 3.63) is 58.6 Å². The van der Waals surface area contributed by atoms with Gasteiger partial charge in [0, 0.05) is 12.1 Å². The van der Waals surface area contributed by atoms with Crippen LogP contribution in [0, 0.1) is 10.1 Å². The van der Waals surface area contributed by atoms with E-state index in [0.29, 0.717) is 18.1 Å². The molecule has 0 atom stereocenters. The average Bonchev–Trinajstić information content (AvgIpc) is 2.71. The molecule has 0 radical (unpaired) electrons. The minimum Gasteiger partial charge on any atom is -0.494 e. The summed E-state index contributed by atoms with van der Waals surface area (Å²) < 4.78 is 21.3. The molecule has 0 bridgehead atoms. The van der Waals surface area contributed by atoms with Crippen LogP contribution in [0.15, 0.2) is 48.5 Å². The van der Waals surface area contributed by atoms with E-state index >= 15 is 0 Å². The largest absolute Gasteiger partial charge is 0.494 e. The fourth-order valence-corrected chi connectivity index (χ4v) is 2.13. The van der Waals surface area contributed by atoms with Gasteiger partial charge in [0.05, 0.1) is 11.5 Å². The third-order valence-corrected chi connectivity index (χ3v) is 3.61. The number of benzene rings is 2. The Morgan fingerprint density at radius 3 is 1.96 bits per heavy atom. The van der Waals surface area contributed by atoms with Gasteiger partial charge in [-0.1, -0.05) is 13.3 Å². The Morgan fingerprint density at radius 2 is 1.39 bits per heavy atom. The Labute approximate surface area is 163 Å². The smallest absolute Gasteiger partial charge is 0.344 e. The van der Waals surface area contributed by atoms with E-state index in [9.17, 15) is 14.9 Å². The molecule has 0 N–H and O–H groups in total. The topological polar surface area (TPSA) is 97.1 Å². The minimum absolute atomic E-state index is 0.0171. The molecule has 150 valence electrons. The van der Waals surface area contributed by atoms with Gasteiger partial charge in [-0.15, -0.1) is 0 Å². The van der Waals surface area contributed by atoms with Crippen LogP contribution in [0.1, 0.15) is 19.8 Å². The van der Waals surface area contributed by atoms with Gasteiger partial charge in [-0.3, -0.25) is 10.1 Å². The van der Waals surface area contributed by atoms with E-state index in [-0.39, 0.29) is 25.5 Å². The maximum Gasteiger partial charge on any atom is 0.344 e. The van der Waals surface area contributed by atoms with Gasteiger partial charge in [-0.2, -0.15) is 0 Å². The van der Waals surface area contributed by atoms with Crippen molar-refractivity contribution in [2.45, 2.75) is 19.8 Å². The second-order valence-corrected chi connectivity index (χ2v) is 5.78. The van der Waals surface area contributed by atoms with Crippen molar-refractivity contribution in [1.29, 1.82) is 0 Å². The number of nitro groups is 1. The number of carbonyl (C=O) groups is 1. The van der Waals surface area contributed by atoms with Crippen molar-refractivity contribution in [1.82, 2.24) is 0 Å². The first kappa shape index (κ1) is 21.0. The second kappa shape index (κ2) is 11.4. The van der Waals surface area contributed by atoms with E-state index in [0.717, 1.165) is 18.6 Å². The second-order valence-electron chi connectivity index (χ2n) is 5.78. The molecule has 0 unspecified atom stereocenters. The van der Waals surface area contributed by atoms with Gasteiger partial charge in [-0.25, -0.2) is 4.79 Å². The number of nitrogens with zero attached hydrogens (tertiary/aromatic N) is 1. The maximum atomic E-state index is 11.7. The molecule has 0 heterocycles. The molecule has 2 aromatic rings. The molecule has 0 aromatic heterocycles. The van der Waals surface area contributed by atoms with E-state index in [4.69, 9.17) is 18.9 Å². The van der Waals surface area contributed by atoms with Crippen LogP contribution in [-0.2, 0) is 9.53 Å². The number of carbonyl (C=O) groups excluding carboxylic acids is 1. The first-order valence-electron chi connectivity index (χ1n) is 8.97. The lowest BCUT2D eigenvalue weighted by Crippen LogP contribution is -2.18. The predicted octanol–water partition coefficient (Wildman–Crippen LogP) is 3.77. The van der Waals surface area contributed by atoms with Gasteiger partial charge in [-0.05, 0) is 42.8 Å². The van der Waals surface area contributed by atoms with Gasteiger partial charge >= 0.3 is 5.97 Å². The van der Waals surface area contributed by atoms with E-state index < -0.39 is 10.9 Å². The van der Waals surface area contributed by atoms with E-state index in [2.05, 4.69) is 6.92 Å². The first-order valence-corrected chi connectivity index (χ1v) is 8.97. The quantitative estimate of drug-likeness (QED) is 0.236. The van der Waals surface area contributed by atoms with Gasteiger partial charge < -0.3 is 18.9 Å². The fraction of sp³-hybridized carbons (Fsp3) is 0.350. The van der Waals surface area contributed by atoms with Crippen molar-refractivity contribution >= 4 is 11.7 Å². The number of non-ortho nitro benzene ring substituents is 1. The monoisotopic (exact) mass is 389 g/mol. The zero-order chi connectivity index (χ0) is 20.2. The van der Waals surface area contributed by atoms with Crippen LogP contribution in [0.25, 0.3) is 0 Å². The summed E-state index contributed by atoms with van der Waals surface area (Å²) >= 11 is 0. The van der Waals surface area contributed by atoms with Crippen LogP contribution in [0.2, 0.25) is 0 Å². The van der Waals surface area contributed by atoms with Crippen LogP contribution in [0.3, 0.4) is 0 Å². The molecule has 8 heteroatoms. The number of ether oxygens (including phenoxy) is 4. The highest BCUT2D eigenvalue weighted by Crippen LogP contribution is 2.18. The summed E-state index contributed by atoms with van der Waals surface area (Å²) in [7, 11) is 0. The summed E-state index contributed by atoms with van der Waals surface area (Å²) in [6, 6.07) is 12.7. The normalized spacial score (nSPS) is 10.2. The van der Waals surface area contributed by atoms with Crippen molar-refractivity contribution in [2.75, 3.05) is 26.4 Å². The summed E-state index contributed by atoms with van der Waals surface area (Å²) in [6.45, 7) is 2.73. The zero-order valence-corrected chi connectivity index (χ0v) is 15.7. The SMILES string of the molecule is CCCCOc1ccc(OCC(=O)OCCOc2ccc([N+](=O)[O-])cc2)cc1. The zero-order valence-electron chi connectivity index (χ0n) is 15.7. The molecule has 28 heavy (non-hydrogen) atoms. The highest BCUT2D eigenvalue weighted by atomic mass is 16.6. The summed E-state index contributed by atoms with van der Waals surface area (Å²) in [6.07, 6.45) is 2.07. The highest BCUT2D eigenvalue weighted by molar-refractivity contribution is 5.71. The average molecular weight is 389 g/mol. The van der Waals surface area contributed by atoms with Crippen molar-refractivity contribution in [3.8, 4) is 17.2 Å². The van der Waals surface area contributed by atoms with E-state index in [1.807, 2.05) is 0 Å². The van der Waals surface area contributed by atoms with Crippen LogP contribution in [-0.4, -0.2) is 37.3 Å². The molecule has 0 aliphatic rings. The maximum absolute atomic E-state index is 11.7. The molecule has 0 aliphatic heterocycles. The lowest BCUT2D eigenvalue weighted by molar-refractivity contribution is -0.384. The summed E-state index contributed by atoms with van der Waals surface area (Å²) in [5.74, 6) is 1.24. The lowest BCUT2D eigenvalue weighted by Gasteiger charge is -2.09. The number of esters is 1. The Bertz CT molecular complexity index is 744. The Kier molecular flexibility index (Phi) is 8.58. The van der Waals surface area contributed by atoms with Gasteiger partial charge in [0.2, 0.25) is 0 Å². The third kappa shape index (κ3) is 7.53. The molecule has 0 fully saturated rings. The lowest BCUT2D eigenvalue weighted by atomic mass is 10.3.